The average Bonchev–Trinajstić information content (AvgIpc) is 2.85. The van der Waals surface area contributed by atoms with Crippen molar-refractivity contribution in [2.45, 2.75) is 13.0 Å². The third-order valence-corrected chi connectivity index (χ3v) is 2.67. The summed E-state index contributed by atoms with van der Waals surface area (Å²) < 4.78 is 14.4. The molecule has 2 rings (SSSR count). The molecule has 0 aliphatic heterocycles. The standard InChI is InChI=1S/C14H16FN3/c1-2-18-11-13(10-17-18)9-16-8-7-12-3-5-14(15)6-4-12/h2-6,10-11,16H,1,7-9H2. The summed E-state index contributed by atoms with van der Waals surface area (Å²) in [6, 6.07) is 6.60. The van der Waals surface area contributed by atoms with Crippen LogP contribution >= 0.6 is 0 Å². The number of aromatic nitrogens is 2. The summed E-state index contributed by atoms with van der Waals surface area (Å²) in [6.07, 6.45) is 6.28. The summed E-state index contributed by atoms with van der Waals surface area (Å²) in [6.45, 7) is 5.26. The van der Waals surface area contributed by atoms with Crippen molar-refractivity contribution >= 4 is 6.20 Å². The lowest BCUT2D eigenvalue weighted by molar-refractivity contribution is 0.626. The molecule has 0 radical (unpaired) electrons. The second kappa shape index (κ2) is 6.12. The van der Waals surface area contributed by atoms with Crippen LogP contribution < -0.4 is 5.32 Å². The maximum Gasteiger partial charge on any atom is 0.123 e. The van der Waals surface area contributed by atoms with Gasteiger partial charge in [-0.2, -0.15) is 5.10 Å². The Morgan fingerprint density at radius 1 is 1.28 bits per heavy atom. The molecular weight excluding hydrogens is 229 g/mol. The Balaban J connectivity index is 1.72. The average molecular weight is 245 g/mol. The quantitative estimate of drug-likeness (QED) is 0.792. The molecule has 0 spiro atoms. The molecule has 0 bridgehead atoms. The van der Waals surface area contributed by atoms with Gasteiger partial charge in [0.25, 0.3) is 0 Å². The maximum absolute atomic E-state index is 12.7. The van der Waals surface area contributed by atoms with E-state index in [0.29, 0.717) is 0 Å². The Labute approximate surface area is 106 Å². The highest BCUT2D eigenvalue weighted by Crippen LogP contribution is 2.03. The van der Waals surface area contributed by atoms with Crippen molar-refractivity contribution in [3.05, 3.63) is 60.2 Å². The number of nitrogens with one attached hydrogen (secondary N) is 1. The van der Waals surface area contributed by atoms with Crippen molar-refractivity contribution in [2.75, 3.05) is 6.54 Å². The zero-order valence-corrected chi connectivity index (χ0v) is 10.1. The van der Waals surface area contributed by atoms with Crippen LogP contribution in [-0.4, -0.2) is 16.3 Å². The van der Waals surface area contributed by atoms with Crippen LogP contribution in [0.25, 0.3) is 6.20 Å². The number of halogens is 1. The van der Waals surface area contributed by atoms with E-state index in [9.17, 15) is 4.39 Å². The van der Waals surface area contributed by atoms with Crippen LogP contribution in [-0.2, 0) is 13.0 Å². The van der Waals surface area contributed by atoms with Gasteiger partial charge in [0.1, 0.15) is 5.82 Å². The molecule has 0 atom stereocenters. The van der Waals surface area contributed by atoms with Crippen molar-refractivity contribution < 1.29 is 4.39 Å². The van der Waals surface area contributed by atoms with E-state index in [1.54, 1.807) is 10.9 Å². The molecule has 0 amide bonds. The molecule has 18 heavy (non-hydrogen) atoms. The molecular formula is C14H16FN3. The summed E-state index contributed by atoms with van der Waals surface area (Å²) in [7, 11) is 0. The van der Waals surface area contributed by atoms with Crippen molar-refractivity contribution in [3.63, 3.8) is 0 Å². The highest BCUT2D eigenvalue weighted by molar-refractivity contribution is 5.18. The van der Waals surface area contributed by atoms with Crippen molar-refractivity contribution in [2.24, 2.45) is 0 Å². The minimum atomic E-state index is -0.191. The molecule has 0 saturated carbocycles. The van der Waals surface area contributed by atoms with Crippen LogP contribution in [0, 0.1) is 5.82 Å². The van der Waals surface area contributed by atoms with Crippen LogP contribution in [0.1, 0.15) is 11.1 Å². The van der Waals surface area contributed by atoms with Gasteiger partial charge in [-0.05, 0) is 30.7 Å². The Kier molecular flexibility index (Phi) is 4.25. The van der Waals surface area contributed by atoms with E-state index in [1.807, 2.05) is 24.5 Å². The third kappa shape index (κ3) is 3.53. The summed E-state index contributed by atoms with van der Waals surface area (Å²) in [5, 5.41) is 7.42. The molecule has 0 unspecified atom stereocenters. The third-order valence-electron chi connectivity index (χ3n) is 2.67. The molecule has 2 aromatic rings. The maximum atomic E-state index is 12.7. The first-order chi connectivity index (χ1) is 8.78. The van der Waals surface area contributed by atoms with Gasteiger partial charge in [0, 0.05) is 24.5 Å². The lowest BCUT2D eigenvalue weighted by atomic mass is 10.1. The molecule has 1 N–H and O–H groups in total. The van der Waals surface area contributed by atoms with Gasteiger partial charge in [-0.25, -0.2) is 9.07 Å². The number of hydrogen-bond acceptors (Lipinski definition) is 2. The van der Waals surface area contributed by atoms with Gasteiger partial charge in [-0.3, -0.25) is 0 Å². The van der Waals surface area contributed by atoms with Crippen molar-refractivity contribution in [1.82, 2.24) is 15.1 Å². The fourth-order valence-electron chi connectivity index (χ4n) is 1.69. The minimum absolute atomic E-state index is 0.191. The number of rotatable bonds is 6. The highest BCUT2D eigenvalue weighted by Gasteiger charge is 1.97. The number of benzene rings is 1. The molecule has 1 aromatic carbocycles. The van der Waals surface area contributed by atoms with E-state index >= 15 is 0 Å². The molecule has 0 fully saturated rings. The van der Waals surface area contributed by atoms with Crippen LogP contribution in [0.2, 0.25) is 0 Å². The van der Waals surface area contributed by atoms with E-state index in [0.717, 1.165) is 30.6 Å². The topological polar surface area (TPSA) is 29.9 Å². The predicted octanol–water partition coefficient (Wildman–Crippen LogP) is 2.46. The van der Waals surface area contributed by atoms with Gasteiger partial charge in [0.05, 0.1) is 6.20 Å². The fraction of sp³-hybridized carbons (Fsp3) is 0.214. The minimum Gasteiger partial charge on any atom is -0.312 e. The van der Waals surface area contributed by atoms with E-state index in [-0.39, 0.29) is 5.82 Å². The monoisotopic (exact) mass is 245 g/mol. The lowest BCUT2D eigenvalue weighted by Crippen LogP contribution is -2.16. The molecule has 0 aliphatic rings. The van der Waals surface area contributed by atoms with Gasteiger partial charge in [-0.1, -0.05) is 18.7 Å². The van der Waals surface area contributed by atoms with E-state index in [2.05, 4.69) is 17.0 Å². The summed E-state index contributed by atoms with van der Waals surface area (Å²) >= 11 is 0. The summed E-state index contributed by atoms with van der Waals surface area (Å²) in [4.78, 5) is 0. The van der Waals surface area contributed by atoms with Crippen molar-refractivity contribution in [1.29, 1.82) is 0 Å². The predicted molar refractivity (Wildman–Crippen MR) is 70.4 cm³/mol. The van der Waals surface area contributed by atoms with Gasteiger partial charge in [-0.15, -0.1) is 0 Å². The molecule has 0 saturated heterocycles. The second-order valence-electron chi connectivity index (χ2n) is 4.06. The first kappa shape index (κ1) is 12.5. The van der Waals surface area contributed by atoms with E-state index in [1.165, 1.54) is 12.1 Å². The van der Waals surface area contributed by atoms with Gasteiger partial charge in [0.2, 0.25) is 0 Å². The van der Waals surface area contributed by atoms with Crippen LogP contribution in [0.4, 0.5) is 4.39 Å². The Bertz CT molecular complexity index is 502. The van der Waals surface area contributed by atoms with Gasteiger partial charge < -0.3 is 5.32 Å². The zero-order chi connectivity index (χ0) is 12.8. The van der Waals surface area contributed by atoms with Gasteiger partial charge in [0.15, 0.2) is 0 Å². The zero-order valence-electron chi connectivity index (χ0n) is 10.1. The molecule has 4 heteroatoms. The fourth-order valence-corrected chi connectivity index (χ4v) is 1.69. The van der Waals surface area contributed by atoms with E-state index < -0.39 is 0 Å². The summed E-state index contributed by atoms with van der Waals surface area (Å²) in [5.74, 6) is -0.191. The van der Waals surface area contributed by atoms with Crippen molar-refractivity contribution in [3.8, 4) is 0 Å². The first-order valence-corrected chi connectivity index (χ1v) is 5.88. The Morgan fingerprint density at radius 3 is 2.72 bits per heavy atom. The van der Waals surface area contributed by atoms with Gasteiger partial charge >= 0.3 is 0 Å². The molecule has 0 aliphatic carbocycles. The highest BCUT2D eigenvalue weighted by atomic mass is 19.1. The Hall–Kier alpha value is -1.94. The SMILES string of the molecule is C=Cn1cc(CNCCc2ccc(F)cc2)cn1. The number of hydrogen-bond donors (Lipinski definition) is 1. The first-order valence-electron chi connectivity index (χ1n) is 5.88. The lowest BCUT2D eigenvalue weighted by Gasteiger charge is -2.03. The molecule has 3 nitrogen and oxygen atoms in total. The Morgan fingerprint density at radius 2 is 2.06 bits per heavy atom. The molecule has 94 valence electrons. The number of nitrogens with zero attached hydrogens (tertiary/aromatic N) is 2. The smallest absolute Gasteiger partial charge is 0.123 e. The summed E-state index contributed by atoms with van der Waals surface area (Å²) in [5.41, 5.74) is 2.25. The molecule has 1 heterocycles. The molecule has 1 aromatic heterocycles. The van der Waals surface area contributed by atoms with E-state index in [4.69, 9.17) is 0 Å². The van der Waals surface area contributed by atoms with Crippen LogP contribution in [0.3, 0.4) is 0 Å². The second-order valence-corrected chi connectivity index (χ2v) is 4.06. The largest absolute Gasteiger partial charge is 0.312 e. The van der Waals surface area contributed by atoms with Crippen LogP contribution in [0.5, 0.6) is 0 Å². The van der Waals surface area contributed by atoms with Crippen LogP contribution in [0.15, 0.2) is 43.2 Å². The normalized spacial score (nSPS) is 10.5.